The lowest BCUT2D eigenvalue weighted by atomic mass is 10.1. The molecule has 0 spiro atoms. The number of aromatic amines is 1. The quantitative estimate of drug-likeness (QED) is 0.563. The first-order valence-electron chi connectivity index (χ1n) is 8.36. The summed E-state index contributed by atoms with van der Waals surface area (Å²) in [5.41, 5.74) is 3.87. The van der Waals surface area contributed by atoms with E-state index in [9.17, 15) is 0 Å². The minimum absolute atomic E-state index is 0.332. The molecule has 0 aliphatic heterocycles. The van der Waals surface area contributed by atoms with Gasteiger partial charge in [0.15, 0.2) is 0 Å². The number of benzene rings is 2. The van der Waals surface area contributed by atoms with Crippen molar-refractivity contribution in [3.8, 4) is 5.75 Å². The number of phenolic OH excluding ortho intramolecular Hbond substituents is 1. The zero-order valence-corrected chi connectivity index (χ0v) is 14.5. The van der Waals surface area contributed by atoms with Crippen LogP contribution in [0.5, 0.6) is 5.75 Å². The Morgan fingerprint density at radius 1 is 0.875 bits per heavy atom. The predicted octanol–water partition coefficient (Wildman–Crippen LogP) is 3.08. The number of rotatable bonds is 6. The minimum atomic E-state index is 0.332. The molecule has 0 atom stereocenters. The SMILES string of the molecule is CNCCc1c[nH]c2ccccc12.CNCCc1ccc(O)cc1. The van der Waals surface area contributed by atoms with Gasteiger partial charge in [-0.25, -0.2) is 0 Å². The van der Waals surface area contributed by atoms with Crippen molar-refractivity contribution in [2.45, 2.75) is 12.8 Å². The maximum Gasteiger partial charge on any atom is 0.115 e. The fourth-order valence-electron chi connectivity index (χ4n) is 2.53. The summed E-state index contributed by atoms with van der Waals surface area (Å²) in [6, 6.07) is 15.7. The third-order valence-corrected chi connectivity index (χ3v) is 3.92. The Morgan fingerprint density at radius 2 is 1.54 bits per heavy atom. The Bertz CT molecular complexity index is 719. The highest BCUT2D eigenvalue weighted by molar-refractivity contribution is 5.83. The van der Waals surface area contributed by atoms with Crippen LogP contribution in [0.4, 0.5) is 0 Å². The fraction of sp³-hybridized carbons (Fsp3) is 0.300. The van der Waals surface area contributed by atoms with Crippen molar-refractivity contribution < 1.29 is 5.11 Å². The first-order chi connectivity index (χ1) is 11.7. The molecule has 4 heteroatoms. The van der Waals surface area contributed by atoms with Gasteiger partial charge >= 0.3 is 0 Å². The Kier molecular flexibility index (Phi) is 7.33. The summed E-state index contributed by atoms with van der Waals surface area (Å²) in [7, 11) is 3.91. The summed E-state index contributed by atoms with van der Waals surface area (Å²) in [6.45, 7) is 2.01. The van der Waals surface area contributed by atoms with Crippen LogP contribution in [0.15, 0.2) is 54.7 Å². The van der Waals surface area contributed by atoms with E-state index in [1.165, 1.54) is 22.0 Å². The molecule has 0 saturated heterocycles. The second-order valence-corrected chi connectivity index (χ2v) is 5.73. The second-order valence-electron chi connectivity index (χ2n) is 5.73. The molecule has 24 heavy (non-hydrogen) atoms. The second kappa shape index (κ2) is 9.75. The van der Waals surface area contributed by atoms with Gasteiger partial charge in [0, 0.05) is 17.1 Å². The molecule has 0 unspecified atom stereocenters. The molecule has 4 nitrogen and oxygen atoms in total. The van der Waals surface area contributed by atoms with Crippen LogP contribution in [-0.2, 0) is 12.8 Å². The van der Waals surface area contributed by atoms with Gasteiger partial charge in [-0.15, -0.1) is 0 Å². The summed E-state index contributed by atoms with van der Waals surface area (Å²) in [5, 5.41) is 16.5. The van der Waals surface area contributed by atoms with E-state index in [4.69, 9.17) is 5.11 Å². The predicted molar refractivity (Wildman–Crippen MR) is 102 cm³/mol. The minimum Gasteiger partial charge on any atom is -0.508 e. The summed E-state index contributed by atoms with van der Waals surface area (Å²) >= 11 is 0. The lowest BCUT2D eigenvalue weighted by molar-refractivity contribution is 0.475. The number of aromatic hydroxyl groups is 1. The van der Waals surface area contributed by atoms with E-state index >= 15 is 0 Å². The van der Waals surface area contributed by atoms with Crippen LogP contribution in [0, 0.1) is 0 Å². The van der Waals surface area contributed by atoms with E-state index in [1.807, 2.05) is 26.2 Å². The molecule has 2 aromatic carbocycles. The van der Waals surface area contributed by atoms with E-state index in [0.29, 0.717) is 5.75 Å². The maximum atomic E-state index is 8.97. The van der Waals surface area contributed by atoms with Gasteiger partial charge in [-0.1, -0.05) is 30.3 Å². The van der Waals surface area contributed by atoms with E-state index in [2.05, 4.69) is 46.1 Å². The molecule has 1 aromatic heterocycles. The summed E-state index contributed by atoms with van der Waals surface area (Å²) < 4.78 is 0. The van der Waals surface area contributed by atoms with Crippen molar-refractivity contribution in [2.24, 2.45) is 0 Å². The molecule has 0 amide bonds. The van der Waals surface area contributed by atoms with Crippen LogP contribution in [-0.4, -0.2) is 37.3 Å². The average molecular weight is 325 g/mol. The van der Waals surface area contributed by atoms with E-state index < -0.39 is 0 Å². The van der Waals surface area contributed by atoms with Gasteiger partial charge in [0.2, 0.25) is 0 Å². The number of aromatic nitrogens is 1. The highest BCUT2D eigenvalue weighted by Crippen LogP contribution is 2.17. The van der Waals surface area contributed by atoms with Crippen molar-refractivity contribution >= 4 is 10.9 Å². The van der Waals surface area contributed by atoms with Gasteiger partial charge in [-0.05, 0) is 69.4 Å². The van der Waals surface area contributed by atoms with Crippen molar-refractivity contribution in [1.82, 2.24) is 15.6 Å². The summed E-state index contributed by atoms with van der Waals surface area (Å²) in [5.74, 6) is 0.332. The molecule has 0 radical (unpaired) electrons. The topological polar surface area (TPSA) is 60.1 Å². The first-order valence-corrected chi connectivity index (χ1v) is 8.36. The summed E-state index contributed by atoms with van der Waals surface area (Å²) in [4.78, 5) is 3.27. The molecule has 1 heterocycles. The number of phenols is 1. The van der Waals surface area contributed by atoms with Crippen LogP contribution in [0.25, 0.3) is 10.9 Å². The Labute approximate surface area is 143 Å². The first kappa shape index (κ1) is 18.0. The molecule has 0 aliphatic carbocycles. The smallest absolute Gasteiger partial charge is 0.115 e. The molecule has 3 aromatic rings. The lowest BCUT2D eigenvalue weighted by Gasteiger charge is -1.99. The van der Waals surface area contributed by atoms with Gasteiger partial charge in [0.05, 0.1) is 0 Å². The summed E-state index contributed by atoms with van der Waals surface area (Å²) in [6.07, 6.45) is 4.19. The number of hydrogen-bond donors (Lipinski definition) is 4. The molecule has 0 aliphatic rings. The van der Waals surface area contributed by atoms with Crippen LogP contribution in [0.3, 0.4) is 0 Å². The number of para-hydroxylation sites is 1. The van der Waals surface area contributed by atoms with Crippen molar-refractivity contribution in [1.29, 1.82) is 0 Å². The standard InChI is InChI=1S/C11H14N2.C9H13NO/c1-12-7-6-9-8-13-11-5-3-2-4-10(9)11;1-10-7-6-8-2-4-9(11)5-3-8/h2-5,8,12-13H,6-7H2,1H3;2-5,10-11H,6-7H2,1H3. The maximum absolute atomic E-state index is 8.97. The van der Waals surface area contributed by atoms with E-state index in [0.717, 1.165) is 25.9 Å². The number of nitrogens with one attached hydrogen (secondary N) is 3. The largest absolute Gasteiger partial charge is 0.508 e. The van der Waals surface area contributed by atoms with E-state index in [1.54, 1.807) is 12.1 Å². The zero-order valence-electron chi connectivity index (χ0n) is 14.5. The van der Waals surface area contributed by atoms with Crippen LogP contribution >= 0.6 is 0 Å². The average Bonchev–Trinajstić information content (AvgIpc) is 3.03. The van der Waals surface area contributed by atoms with Crippen LogP contribution in [0.2, 0.25) is 0 Å². The third kappa shape index (κ3) is 5.41. The Morgan fingerprint density at radius 3 is 2.25 bits per heavy atom. The highest BCUT2D eigenvalue weighted by Gasteiger charge is 2.00. The number of likely N-dealkylation sites (N-methyl/N-ethyl adjacent to an activating group) is 2. The lowest BCUT2D eigenvalue weighted by Crippen LogP contribution is -2.09. The molecule has 0 saturated carbocycles. The number of H-pyrrole nitrogens is 1. The van der Waals surface area contributed by atoms with Crippen molar-refractivity contribution in [2.75, 3.05) is 27.2 Å². The normalized spacial score (nSPS) is 10.4. The molecule has 3 rings (SSSR count). The third-order valence-electron chi connectivity index (χ3n) is 3.92. The molecule has 4 N–H and O–H groups in total. The Balaban J connectivity index is 0.000000177. The van der Waals surface area contributed by atoms with Gasteiger partial charge in [-0.3, -0.25) is 0 Å². The van der Waals surface area contributed by atoms with E-state index in [-0.39, 0.29) is 0 Å². The van der Waals surface area contributed by atoms with Gasteiger partial charge in [-0.2, -0.15) is 0 Å². The van der Waals surface area contributed by atoms with Gasteiger partial charge in [0.25, 0.3) is 0 Å². The van der Waals surface area contributed by atoms with Crippen molar-refractivity contribution in [3.63, 3.8) is 0 Å². The zero-order chi connectivity index (χ0) is 17.2. The number of fused-ring (bicyclic) bond motifs is 1. The highest BCUT2D eigenvalue weighted by atomic mass is 16.3. The van der Waals surface area contributed by atoms with Crippen LogP contribution < -0.4 is 10.6 Å². The fourth-order valence-corrected chi connectivity index (χ4v) is 2.53. The van der Waals surface area contributed by atoms with Crippen LogP contribution in [0.1, 0.15) is 11.1 Å². The van der Waals surface area contributed by atoms with Crippen molar-refractivity contribution in [3.05, 3.63) is 65.9 Å². The molecule has 0 fully saturated rings. The van der Waals surface area contributed by atoms with Gasteiger partial charge < -0.3 is 20.7 Å². The molecular weight excluding hydrogens is 298 g/mol. The molecule has 128 valence electrons. The Hall–Kier alpha value is -2.30. The molecular formula is C20H27N3O. The number of hydrogen-bond acceptors (Lipinski definition) is 3. The van der Waals surface area contributed by atoms with Gasteiger partial charge in [0.1, 0.15) is 5.75 Å². The monoisotopic (exact) mass is 325 g/mol. The molecule has 0 bridgehead atoms.